The Morgan fingerprint density at radius 3 is 2.62 bits per heavy atom. The molecule has 110 valence electrons. The molecule has 0 bridgehead atoms. The van der Waals surface area contributed by atoms with Crippen molar-refractivity contribution < 1.29 is 14.4 Å². The summed E-state index contributed by atoms with van der Waals surface area (Å²) in [7, 11) is 0. The third-order valence-corrected chi connectivity index (χ3v) is 3.65. The SMILES string of the molecule is Cc1ccccc1C=CC(=O)N1CC(=O)NC(=O)C1(C)C. The minimum absolute atomic E-state index is 0.115. The molecule has 0 aliphatic carbocycles. The predicted molar refractivity (Wildman–Crippen MR) is 79.2 cm³/mol. The summed E-state index contributed by atoms with van der Waals surface area (Å²) in [6.45, 7) is 5.07. The standard InChI is InChI=1S/C16H18N2O3/c1-11-6-4-5-7-12(11)8-9-14(20)18-10-13(19)17-15(21)16(18,2)3/h4-9H,10H2,1-3H3,(H,17,19,21). The summed E-state index contributed by atoms with van der Waals surface area (Å²) in [4.78, 5) is 36.9. The number of carbonyl (C=O) groups is 3. The minimum Gasteiger partial charge on any atom is -0.316 e. The van der Waals surface area contributed by atoms with Crippen molar-refractivity contribution in [3.63, 3.8) is 0 Å². The maximum Gasteiger partial charge on any atom is 0.252 e. The zero-order valence-electron chi connectivity index (χ0n) is 12.3. The van der Waals surface area contributed by atoms with Crippen molar-refractivity contribution in [1.29, 1.82) is 0 Å². The highest BCUT2D eigenvalue weighted by molar-refractivity contribution is 6.08. The lowest BCUT2D eigenvalue weighted by Gasteiger charge is -2.39. The molecule has 5 heteroatoms. The summed E-state index contributed by atoms with van der Waals surface area (Å²) < 4.78 is 0. The van der Waals surface area contributed by atoms with Gasteiger partial charge in [-0.05, 0) is 38.0 Å². The van der Waals surface area contributed by atoms with E-state index in [2.05, 4.69) is 5.32 Å². The third kappa shape index (κ3) is 3.02. The molecule has 1 saturated heterocycles. The summed E-state index contributed by atoms with van der Waals surface area (Å²) >= 11 is 0. The van der Waals surface area contributed by atoms with Crippen LogP contribution in [-0.2, 0) is 14.4 Å². The number of amides is 3. The van der Waals surface area contributed by atoms with Crippen molar-refractivity contribution in [2.24, 2.45) is 0 Å². The molecule has 1 fully saturated rings. The Morgan fingerprint density at radius 1 is 1.29 bits per heavy atom. The average Bonchev–Trinajstić information content (AvgIpc) is 2.42. The van der Waals surface area contributed by atoms with Gasteiger partial charge in [-0.25, -0.2) is 0 Å². The molecule has 1 N–H and O–H groups in total. The van der Waals surface area contributed by atoms with Gasteiger partial charge in [-0.2, -0.15) is 0 Å². The van der Waals surface area contributed by atoms with Gasteiger partial charge in [0.15, 0.2) is 0 Å². The number of nitrogens with one attached hydrogen (secondary N) is 1. The topological polar surface area (TPSA) is 66.5 Å². The second-order valence-corrected chi connectivity index (χ2v) is 5.55. The molecule has 3 amide bonds. The van der Waals surface area contributed by atoms with Crippen LogP contribution in [0.5, 0.6) is 0 Å². The molecule has 21 heavy (non-hydrogen) atoms. The van der Waals surface area contributed by atoms with Crippen molar-refractivity contribution in [1.82, 2.24) is 10.2 Å². The molecule has 2 rings (SSSR count). The van der Waals surface area contributed by atoms with Crippen LogP contribution in [0, 0.1) is 6.92 Å². The van der Waals surface area contributed by atoms with E-state index in [1.54, 1.807) is 19.9 Å². The molecule has 0 atom stereocenters. The lowest BCUT2D eigenvalue weighted by Crippen LogP contribution is -2.65. The van der Waals surface area contributed by atoms with Crippen LogP contribution in [0.2, 0.25) is 0 Å². The van der Waals surface area contributed by atoms with Crippen LogP contribution < -0.4 is 5.32 Å². The highest BCUT2D eigenvalue weighted by atomic mass is 16.2. The fraction of sp³-hybridized carbons (Fsp3) is 0.312. The summed E-state index contributed by atoms with van der Waals surface area (Å²) in [5.74, 6) is -1.28. The predicted octanol–water partition coefficient (Wildman–Crippen LogP) is 1.27. The number of piperazine rings is 1. The van der Waals surface area contributed by atoms with E-state index in [4.69, 9.17) is 0 Å². The monoisotopic (exact) mass is 286 g/mol. The molecule has 0 unspecified atom stereocenters. The van der Waals surface area contributed by atoms with Gasteiger partial charge in [0.1, 0.15) is 12.1 Å². The van der Waals surface area contributed by atoms with Crippen molar-refractivity contribution in [2.75, 3.05) is 6.54 Å². The Balaban J connectivity index is 2.21. The Hall–Kier alpha value is -2.43. The first-order valence-corrected chi connectivity index (χ1v) is 6.72. The van der Waals surface area contributed by atoms with Crippen molar-refractivity contribution in [3.8, 4) is 0 Å². The van der Waals surface area contributed by atoms with Gasteiger partial charge in [-0.1, -0.05) is 24.3 Å². The lowest BCUT2D eigenvalue weighted by molar-refractivity contribution is -0.153. The van der Waals surface area contributed by atoms with E-state index in [0.717, 1.165) is 11.1 Å². The smallest absolute Gasteiger partial charge is 0.252 e. The highest BCUT2D eigenvalue weighted by Gasteiger charge is 2.42. The summed E-state index contributed by atoms with van der Waals surface area (Å²) in [5, 5.41) is 2.24. The molecule has 1 heterocycles. The van der Waals surface area contributed by atoms with Crippen molar-refractivity contribution >= 4 is 23.8 Å². The molecule has 1 aromatic rings. The van der Waals surface area contributed by atoms with Crippen LogP contribution in [0.4, 0.5) is 0 Å². The Morgan fingerprint density at radius 2 is 1.95 bits per heavy atom. The lowest BCUT2D eigenvalue weighted by atomic mass is 9.98. The fourth-order valence-corrected chi connectivity index (χ4v) is 2.16. The summed E-state index contributed by atoms with van der Waals surface area (Å²) in [6, 6.07) is 7.66. The Kier molecular flexibility index (Phi) is 3.93. The quantitative estimate of drug-likeness (QED) is 0.657. The van der Waals surface area contributed by atoms with E-state index in [1.807, 2.05) is 31.2 Å². The number of nitrogens with zero attached hydrogens (tertiary/aromatic N) is 1. The van der Waals surface area contributed by atoms with E-state index in [9.17, 15) is 14.4 Å². The van der Waals surface area contributed by atoms with Crippen LogP contribution in [0.3, 0.4) is 0 Å². The van der Waals surface area contributed by atoms with Crippen LogP contribution in [0.1, 0.15) is 25.0 Å². The molecular formula is C16H18N2O3. The van der Waals surface area contributed by atoms with Gasteiger partial charge in [0.05, 0.1) is 0 Å². The molecule has 0 aromatic heterocycles. The first-order valence-electron chi connectivity index (χ1n) is 6.72. The number of rotatable bonds is 2. The second-order valence-electron chi connectivity index (χ2n) is 5.55. The zero-order chi connectivity index (χ0) is 15.6. The molecule has 1 aliphatic rings. The molecule has 0 spiro atoms. The highest BCUT2D eigenvalue weighted by Crippen LogP contribution is 2.19. The van der Waals surface area contributed by atoms with E-state index in [0.29, 0.717) is 0 Å². The largest absolute Gasteiger partial charge is 0.316 e. The third-order valence-electron chi connectivity index (χ3n) is 3.65. The first-order chi connectivity index (χ1) is 9.82. The normalized spacial score (nSPS) is 18.0. The summed E-state index contributed by atoms with van der Waals surface area (Å²) in [5.41, 5.74) is 0.936. The van der Waals surface area contributed by atoms with Crippen molar-refractivity contribution in [2.45, 2.75) is 26.3 Å². The van der Waals surface area contributed by atoms with Crippen LogP contribution in [0.15, 0.2) is 30.3 Å². The number of imide groups is 1. The molecular weight excluding hydrogens is 268 g/mol. The van der Waals surface area contributed by atoms with Crippen LogP contribution in [0.25, 0.3) is 6.08 Å². The molecule has 1 aromatic carbocycles. The molecule has 0 radical (unpaired) electrons. The van der Waals surface area contributed by atoms with Crippen LogP contribution in [-0.4, -0.2) is 34.7 Å². The van der Waals surface area contributed by atoms with E-state index in [-0.39, 0.29) is 12.5 Å². The number of aryl methyl sites for hydroxylation is 1. The Labute approximate surface area is 123 Å². The number of hydrogen-bond donors (Lipinski definition) is 1. The second kappa shape index (κ2) is 5.52. The minimum atomic E-state index is -1.04. The van der Waals surface area contributed by atoms with Crippen molar-refractivity contribution in [3.05, 3.63) is 41.5 Å². The fourth-order valence-electron chi connectivity index (χ4n) is 2.16. The van der Waals surface area contributed by atoms with Gasteiger partial charge in [0.25, 0.3) is 5.91 Å². The molecule has 0 saturated carbocycles. The number of hydrogen-bond acceptors (Lipinski definition) is 3. The van der Waals surface area contributed by atoms with E-state index in [1.165, 1.54) is 11.0 Å². The molecule has 1 aliphatic heterocycles. The zero-order valence-corrected chi connectivity index (χ0v) is 12.3. The maximum atomic E-state index is 12.3. The number of benzene rings is 1. The van der Waals surface area contributed by atoms with Gasteiger partial charge in [0.2, 0.25) is 11.8 Å². The number of carbonyl (C=O) groups excluding carboxylic acids is 3. The van der Waals surface area contributed by atoms with E-state index >= 15 is 0 Å². The van der Waals surface area contributed by atoms with Gasteiger partial charge >= 0.3 is 0 Å². The summed E-state index contributed by atoms with van der Waals surface area (Å²) in [6.07, 6.45) is 3.10. The van der Waals surface area contributed by atoms with E-state index < -0.39 is 17.4 Å². The van der Waals surface area contributed by atoms with Gasteiger partial charge in [-0.15, -0.1) is 0 Å². The van der Waals surface area contributed by atoms with Gasteiger partial charge < -0.3 is 4.90 Å². The average molecular weight is 286 g/mol. The maximum absolute atomic E-state index is 12.3. The first kappa shape index (κ1) is 15.0. The van der Waals surface area contributed by atoms with Gasteiger partial charge in [0, 0.05) is 6.08 Å². The Bertz CT molecular complexity index is 632. The van der Waals surface area contributed by atoms with Crippen LogP contribution >= 0.6 is 0 Å². The van der Waals surface area contributed by atoms with Gasteiger partial charge in [-0.3, -0.25) is 19.7 Å². The molecule has 5 nitrogen and oxygen atoms in total.